The molecule has 0 bridgehead atoms. The van der Waals surface area contributed by atoms with Gasteiger partial charge in [0.15, 0.2) is 0 Å². The number of nitrogens with zero attached hydrogens (tertiary/aromatic N) is 2. The maximum absolute atomic E-state index is 12.6. The topological polar surface area (TPSA) is 59.5 Å². The van der Waals surface area contributed by atoms with Gasteiger partial charge in [0, 0.05) is 36.6 Å². The highest BCUT2D eigenvalue weighted by atomic mass is 79.9. The molecule has 2 heterocycles. The Morgan fingerprint density at radius 3 is 3.00 bits per heavy atom. The van der Waals surface area contributed by atoms with Gasteiger partial charge in [-0.3, -0.25) is 4.98 Å². The van der Waals surface area contributed by atoms with Gasteiger partial charge < -0.3 is 4.74 Å². The van der Waals surface area contributed by atoms with E-state index in [9.17, 15) is 8.42 Å². The lowest BCUT2D eigenvalue weighted by Gasteiger charge is -2.31. The summed E-state index contributed by atoms with van der Waals surface area (Å²) in [4.78, 5) is 4.16. The molecule has 1 aromatic heterocycles. The van der Waals surface area contributed by atoms with Crippen molar-refractivity contribution in [3.05, 3.63) is 22.9 Å². The molecule has 1 aromatic rings. The first-order valence-electron chi connectivity index (χ1n) is 6.76. The van der Waals surface area contributed by atoms with Crippen LogP contribution >= 0.6 is 15.9 Å². The van der Waals surface area contributed by atoms with Crippen molar-refractivity contribution in [2.24, 2.45) is 0 Å². The highest BCUT2D eigenvalue weighted by Gasteiger charge is 2.30. The van der Waals surface area contributed by atoms with E-state index in [1.54, 1.807) is 12.3 Å². The molecule has 1 saturated heterocycles. The summed E-state index contributed by atoms with van der Waals surface area (Å²) in [5.74, 6) is 0. The van der Waals surface area contributed by atoms with Crippen LogP contribution in [0.1, 0.15) is 26.2 Å². The predicted octanol–water partition coefficient (Wildman–Crippen LogP) is 2.42. The molecule has 0 spiro atoms. The largest absolute Gasteiger partial charge is 0.377 e. The molecule has 7 heteroatoms. The van der Waals surface area contributed by atoms with Gasteiger partial charge in [0.25, 0.3) is 0 Å². The zero-order valence-corrected chi connectivity index (χ0v) is 13.9. The van der Waals surface area contributed by atoms with Gasteiger partial charge in [-0.1, -0.05) is 6.92 Å². The van der Waals surface area contributed by atoms with Crippen LogP contribution < -0.4 is 0 Å². The van der Waals surface area contributed by atoms with E-state index >= 15 is 0 Å². The third-order valence-corrected chi connectivity index (χ3v) is 5.48. The molecule has 1 aliphatic rings. The average Bonchev–Trinajstić information content (AvgIpc) is 2.45. The molecule has 112 valence electrons. The van der Waals surface area contributed by atoms with Crippen LogP contribution in [0.5, 0.6) is 0 Å². The summed E-state index contributed by atoms with van der Waals surface area (Å²) in [6, 6.07) is 1.58. The predicted molar refractivity (Wildman–Crippen MR) is 80.0 cm³/mol. The minimum Gasteiger partial charge on any atom is -0.377 e. The van der Waals surface area contributed by atoms with Crippen LogP contribution in [0.3, 0.4) is 0 Å². The van der Waals surface area contributed by atoms with Crippen LogP contribution in [-0.4, -0.2) is 43.5 Å². The van der Waals surface area contributed by atoms with Gasteiger partial charge >= 0.3 is 0 Å². The Balaban J connectivity index is 2.13. The standard InChI is InChI=1S/C13H19BrN2O3S/c1-2-6-19-12-4-3-5-16(10-12)20(17,18)13-7-11(14)8-15-9-13/h7-9,12H,2-6,10H2,1H3. The number of aromatic nitrogens is 1. The molecule has 5 nitrogen and oxygen atoms in total. The van der Waals surface area contributed by atoms with Crippen molar-refractivity contribution in [2.75, 3.05) is 19.7 Å². The van der Waals surface area contributed by atoms with Crippen LogP contribution in [0.25, 0.3) is 0 Å². The molecule has 20 heavy (non-hydrogen) atoms. The number of halogens is 1. The molecule has 1 atom stereocenters. The van der Waals surface area contributed by atoms with Gasteiger partial charge in [0.1, 0.15) is 4.90 Å². The molecule has 2 rings (SSSR count). The molecule has 0 aliphatic carbocycles. The van der Waals surface area contributed by atoms with E-state index in [0.717, 1.165) is 19.3 Å². The van der Waals surface area contributed by atoms with Crippen LogP contribution in [0.4, 0.5) is 0 Å². The normalized spacial score (nSPS) is 21.0. The van der Waals surface area contributed by atoms with Crippen LogP contribution in [0.2, 0.25) is 0 Å². The van der Waals surface area contributed by atoms with E-state index < -0.39 is 10.0 Å². The number of hydrogen-bond acceptors (Lipinski definition) is 4. The lowest BCUT2D eigenvalue weighted by atomic mass is 10.1. The van der Waals surface area contributed by atoms with Gasteiger partial charge in [-0.2, -0.15) is 4.31 Å². The van der Waals surface area contributed by atoms with E-state index in [4.69, 9.17) is 4.74 Å². The summed E-state index contributed by atoms with van der Waals surface area (Å²) in [7, 11) is -3.48. The Bertz CT molecular complexity index is 550. The van der Waals surface area contributed by atoms with Crippen molar-refractivity contribution < 1.29 is 13.2 Å². The van der Waals surface area contributed by atoms with Gasteiger partial charge in [-0.05, 0) is 41.3 Å². The first-order valence-corrected chi connectivity index (χ1v) is 8.99. The van der Waals surface area contributed by atoms with Crippen molar-refractivity contribution in [3.63, 3.8) is 0 Å². The van der Waals surface area contributed by atoms with E-state index in [1.807, 2.05) is 6.92 Å². The first-order chi connectivity index (χ1) is 9.54. The monoisotopic (exact) mass is 362 g/mol. The summed E-state index contributed by atoms with van der Waals surface area (Å²) in [6.07, 6.45) is 5.65. The number of rotatable bonds is 5. The second kappa shape index (κ2) is 6.98. The molecule has 0 radical (unpaired) electrons. The van der Waals surface area contributed by atoms with E-state index in [-0.39, 0.29) is 11.0 Å². The third-order valence-electron chi connectivity index (χ3n) is 3.22. The molecule has 1 unspecified atom stereocenters. The number of pyridine rings is 1. The maximum Gasteiger partial charge on any atom is 0.244 e. The Kier molecular flexibility index (Phi) is 5.54. The van der Waals surface area contributed by atoms with Gasteiger partial charge in [-0.25, -0.2) is 8.42 Å². The summed E-state index contributed by atoms with van der Waals surface area (Å²) in [5, 5.41) is 0. The zero-order chi connectivity index (χ0) is 14.6. The summed E-state index contributed by atoms with van der Waals surface area (Å²) in [6.45, 7) is 3.69. The molecule has 0 N–H and O–H groups in total. The van der Waals surface area contributed by atoms with E-state index in [2.05, 4.69) is 20.9 Å². The fraction of sp³-hybridized carbons (Fsp3) is 0.615. The number of piperidine rings is 1. The molecular weight excluding hydrogens is 344 g/mol. The highest BCUT2D eigenvalue weighted by molar-refractivity contribution is 9.10. The summed E-state index contributed by atoms with van der Waals surface area (Å²) < 4.78 is 33.0. The molecule has 1 fully saturated rings. The minimum atomic E-state index is -3.48. The molecular formula is C13H19BrN2O3S. The molecule has 1 aliphatic heterocycles. The minimum absolute atomic E-state index is 0.00131. The third kappa shape index (κ3) is 3.78. The highest BCUT2D eigenvalue weighted by Crippen LogP contribution is 2.23. The second-order valence-electron chi connectivity index (χ2n) is 4.84. The Morgan fingerprint density at radius 1 is 1.50 bits per heavy atom. The van der Waals surface area contributed by atoms with Crippen molar-refractivity contribution in [1.82, 2.24) is 9.29 Å². The van der Waals surface area contributed by atoms with E-state index in [0.29, 0.717) is 24.2 Å². The van der Waals surface area contributed by atoms with Crippen molar-refractivity contribution in [2.45, 2.75) is 37.2 Å². The first kappa shape index (κ1) is 15.9. The van der Waals surface area contributed by atoms with Crippen LogP contribution in [0, 0.1) is 0 Å². The quantitative estimate of drug-likeness (QED) is 0.806. The summed E-state index contributed by atoms with van der Waals surface area (Å²) in [5.41, 5.74) is 0. The van der Waals surface area contributed by atoms with Crippen LogP contribution in [-0.2, 0) is 14.8 Å². The van der Waals surface area contributed by atoms with Gasteiger partial charge in [0.2, 0.25) is 10.0 Å². The lowest BCUT2D eigenvalue weighted by Crippen LogP contribution is -2.43. The van der Waals surface area contributed by atoms with Crippen molar-refractivity contribution in [3.8, 4) is 0 Å². The number of ether oxygens (including phenoxy) is 1. The zero-order valence-electron chi connectivity index (χ0n) is 11.5. The Morgan fingerprint density at radius 2 is 2.30 bits per heavy atom. The maximum atomic E-state index is 12.6. The van der Waals surface area contributed by atoms with Crippen molar-refractivity contribution >= 4 is 26.0 Å². The fourth-order valence-corrected chi connectivity index (χ4v) is 4.24. The average molecular weight is 363 g/mol. The van der Waals surface area contributed by atoms with E-state index in [1.165, 1.54) is 10.5 Å². The fourth-order valence-electron chi connectivity index (χ4n) is 2.23. The number of hydrogen-bond donors (Lipinski definition) is 0. The number of sulfonamides is 1. The Labute approximate surface area is 128 Å². The summed E-state index contributed by atoms with van der Waals surface area (Å²) >= 11 is 3.25. The Hall–Kier alpha value is -0.500. The van der Waals surface area contributed by atoms with Crippen LogP contribution in [0.15, 0.2) is 27.8 Å². The molecule has 0 amide bonds. The smallest absolute Gasteiger partial charge is 0.244 e. The van der Waals surface area contributed by atoms with Gasteiger partial charge in [0.05, 0.1) is 6.10 Å². The second-order valence-corrected chi connectivity index (χ2v) is 7.69. The van der Waals surface area contributed by atoms with Crippen molar-refractivity contribution in [1.29, 1.82) is 0 Å². The molecule has 0 aromatic carbocycles. The SMILES string of the molecule is CCCOC1CCCN(S(=O)(=O)c2cncc(Br)c2)C1. The van der Waals surface area contributed by atoms with Gasteiger partial charge in [-0.15, -0.1) is 0 Å². The lowest BCUT2D eigenvalue weighted by molar-refractivity contribution is 0.0193. The molecule has 0 saturated carbocycles.